The molecule has 6 heteroatoms. The molecule has 1 atom stereocenters. The van der Waals surface area contributed by atoms with Crippen molar-refractivity contribution >= 4 is 5.91 Å². The molecular weight excluding hydrogens is 247 g/mol. The molecule has 0 spiro atoms. The van der Waals surface area contributed by atoms with E-state index in [4.69, 9.17) is 0 Å². The zero-order chi connectivity index (χ0) is 14.0. The summed E-state index contributed by atoms with van der Waals surface area (Å²) >= 11 is 0. The van der Waals surface area contributed by atoms with Gasteiger partial charge in [0.2, 0.25) is 5.95 Å². The third kappa shape index (κ3) is 2.78. The van der Waals surface area contributed by atoms with Gasteiger partial charge in [-0.15, -0.1) is 0 Å². The minimum absolute atomic E-state index is 0.175. The summed E-state index contributed by atoms with van der Waals surface area (Å²) in [6.45, 7) is 3.81. The van der Waals surface area contributed by atoms with Crippen molar-refractivity contribution in [1.29, 1.82) is 0 Å². The van der Waals surface area contributed by atoms with Gasteiger partial charge in [0.1, 0.15) is 0 Å². The molecule has 0 saturated carbocycles. The van der Waals surface area contributed by atoms with Gasteiger partial charge in [0.05, 0.1) is 17.8 Å². The standard InChI is InChI=1S/C13H15FN4O/c1-8(11-7-16-18(3)9(11)2)17-13(19)10-4-5-12(14)15-6-10/h4-8H,1-3H3,(H,17,19). The Morgan fingerprint density at radius 3 is 2.68 bits per heavy atom. The lowest BCUT2D eigenvalue weighted by Gasteiger charge is -2.13. The van der Waals surface area contributed by atoms with Crippen molar-refractivity contribution in [3.05, 3.63) is 47.3 Å². The Bertz CT molecular complexity index is 591. The molecule has 100 valence electrons. The molecule has 0 fully saturated rings. The van der Waals surface area contributed by atoms with E-state index in [0.717, 1.165) is 17.3 Å². The summed E-state index contributed by atoms with van der Waals surface area (Å²) in [4.78, 5) is 15.4. The lowest BCUT2D eigenvalue weighted by molar-refractivity contribution is 0.0939. The number of halogens is 1. The average Bonchev–Trinajstić information content (AvgIpc) is 2.70. The largest absolute Gasteiger partial charge is 0.345 e. The molecule has 0 radical (unpaired) electrons. The summed E-state index contributed by atoms with van der Waals surface area (Å²) in [5.41, 5.74) is 2.27. The number of carbonyl (C=O) groups excluding carboxylic acids is 1. The van der Waals surface area contributed by atoms with Crippen molar-refractivity contribution in [1.82, 2.24) is 20.1 Å². The molecule has 0 saturated heterocycles. The van der Waals surface area contributed by atoms with Gasteiger partial charge in [-0.2, -0.15) is 9.49 Å². The highest BCUT2D eigenvalue weighted by molar-refractivity contribution is 5.94. The number of nitrogens with zero attached hydrogens (tertiary/aromatic N) is 3. The molecule has 2 aromatic heterocycles. The van der Waals surface area contributed by atoms with Crippen molar-refractivity contribution in [2.75, 3.05) is 0 Å². The minimum Gasteiger partial charge on any atom is -0.345 e. The summed E-state index contributed by atoms with van der Waals surface area (Å²) in [5, 5.41) is 6.96. The smallest absolute Gasteiger partial charge is 0.253 e. The normalized spacial score (nSPS) is 12.2. The molecule has 1 amide bonds. The number of aryl methyl sites for hydroxylation is 1. The summed E-state index contributed by atoms with van der Waals surface area (Å²) in [5.74, 6) is -0.893. The van der Waals surface area contributed by atoms with Crippen LogP contribution in [0.1, 0.15) is 34.6 Å². The first kappa shape index (κ1) is 13.2. The Morgan fingerprint density at radius 1 is 1.42 bits per heavy atom. The van der Waals surface area contributed by atoms with Crippen LogP contribution in [0.5, 0.6) is 0 Å². The van der Waals surface area contributed by atoms with Crippen LogP contribution >= 0.6 is 0 Å². The minimum atomic E-state index is -0.604. The zero-order valence-electron chi connectivity index (χ0n) is 11.0. The molecular formula is C13H15FN4O. The number of pyridine rings is 1. The van der Waals surface area contributed by atoms with Gasteiger partial charge in [0.25, 0.3) is 5.91 Å². The van der Waals surface area contributed by atoms with Crippen LogP contribution in [-0.2, 0) is 7.05 Å². The van der Waals surface area contributed by atoms with Crippen LogP contribution in [0.3, 0.4) is 0 Å². The SMILES string of the molecule is Cc1c(C(C)NC(=O)c2ccc(F)nc2)cnn1C. The fraction of sp³-hybridized carbons (Fsp3) is 0.308. The van der Waals surface area contributed by atoms with Gasteiger partial charge in [-0.3, -0.25) is 9.48 Å². The van der Waals surface area contributed by atoms with E-state index in [9.17, 15) is 9.18 Å². The maximum absolute atomic E-state index is 12.7. The summed E-state index contributed by atoms with van der Waals surface area (Å²) in [6, 6.07) is 2.39. The van der Waals surface area contributed by atoms with Crippen LogP contribution in [0.4, 0.5) is 4.39 Å². The van der Waals surface area contributed by atoms with Crippen LogP contribution in [0.2, 0.25) is 0 Å². The topological polar surface area (TPSA) is 59.8 Å². The zero-order valence-corrected chi connectivity index (χ0v) is 11.0. The number of aromatic nitrogens is 3. The van der Waals surface area contributed by atoms with E-state index < -0.39 is 5.95 Å². The average molecular weight is 262 g/mol. The van der Waals surface area contributed by atoms with E-state index in [2.05, 4.69) is 15.4 Å². The monoisotopic (exact) mass is 262 g/mol. The predicted octanol–water partition coefficient (Wildman–Crippen LogP) is 1.75. The van der Waals surface area contributed by atoms with E-state index in [-0.39, 0.29) is 11.9 Å². The summed E-state index contributed by atoms with van der Waals surface area (Å²) in [7, 11) is 1.84. The van der Waals surface area contributed by atoms with Gasteiger partial charge in [0, 0.05) is 24.5 Å². The molecule has 5 nitrogen and oxygen atoms in total. The molecule has 0 aliphatic rings. The molecule has 0 aliphatic heterocycles. The first-order valence-corrected chi connectivity index (χ1v) is 5.90. The fourth-order valence-corrected chi connectivity index (χ4v) is 1.81. The van der Waals surface area contributed by atoms with E-state index in [0.29, 0.717) is 5.56 Å². The molecule has 0 aliphatic carbocycles. The molecule has 2 aromatic rings. The third-order valence-electron chi connectivity index (χ3n) is 3.08. The van der Waals surface area contributed by atoms with Crippen LogP contribution in [0, 0.1) is 12.9 Å². The van der Waals surface area contributed by atoms with E-state index in [1.54, 1.807) is 10.9 Å². The molecule has 1 unspecified atom stereocenters. The van der Waals surface area contributed by atoms with Crippen molar-refractivity contribution in [3.8, 4) is 0 Å². The van der Waals surface area contributed by atoms with E-state index >= 15 is 0 Å². The fourth-order valence-electron chi connectivity index (χ4n) is 1.81. The van der Waals surface area contributed by atoms with Crippen LogP contribution in [0.25, 0.3) is 0 Å². The molecule has 2 rings (SSSR count). The molecule has 0 bridgehead atoms. The second-order valence-corrected chi connectivity index (χ2v) is 4.37. The molecule has 19 heavy (non-hydrogen) atoms. The number of hydrogen-bond acceptors (Lipinski definition) is 3. The summed E-state index contributed by atoms with van der Waals surface area (Å²) in [6.07, 6.45) is 2.94. The highest BCUT2D eigenvalue weighted by Crippen LogP contribution is 2.16. The Balaban J connectivity index is 2.10. The van der Waals surface area contributed by atoms with Crippen molar-refractivity contribution in [2.45, 2.75) is 19.9 Å². The van der Waals surface area contributed by atoms with Crippen molar-refractivity contribution < 1.29 is 9.18 Å². The van der Waals surface area contributed by atoms with Crippen molar-refractivity contribution in [3.63, 3.8) is 0 Å². The third-order valence-corrected chi connectivity index (χ3v) is 3.08. The van der Waals surface area contributed by atoms with Gasteiger partial charge in [0.15, 0.2) is 0 Å². The second kappa shape index (κ2) is 5.17. The number of amides is 1. The van der Waals surface area contributed by atoms with Crippen LogP contribution < -0.4 is 5.32 Å². The highest BCUT2D eigenvalue weighted by Gasteiger charge is 2.15. The predicted molar refractivity (Wildman–Crippen MR) is 68.0 cm³/mol. The summed E-state index contributed by atoms with van der Waals surface area (Å²) < 4.78 is 14.4. The van der Waals surface area contributed by atoms with E-state index in [1.807, 2.05) is 20.9 Å². The number of carbonyl (C=O) groups is 1. The van der Waals surface area contributed by atoms with Gasteiger partial charge in [-0.25, -0.2) is 4.98 Å². The second-order valence-electron chi connectivity index (χ2n) is 4.37. The van der Waals surface area contributed by atoms with Gasteiger partial charge >= 0.3 is 0 Å². The Labute approximate surface area is 110 Å². The molecule has 0 aromatic carbocycles. The highest BCUT2D eigenvalue weighted by atomic mass is 19.1. The first-order valence-electron chi connectivity index (χ1n) is 5.90. The van der Waals surface area contributed by atoms with Gasteiger partial charge < -0.3 is 5.32 Å². The van der Waals surface area contributed by atoms with Gasteiger partial charge in [-0.05, 0) is 26.0 Å². The lowest BCUT2D eigenvalue weighted by atomic mass is 10.1. The lowest BCUT2D eigenvalue weighted by Crippen LogP contribution is -2.27. The van der Waals surface area contributed by atoms with Crippen LogP contribution in [0.15, 0.2) is 24.5 Å². The quantitative estimate of drug-likeness (QED) is 0.857. The molecule has 1 N–H and O–H groups in total. The van der Waals surface area contributed by atoms with Gasteiger partial charge in [-0.1, -0.05) is 0 Å². The Morgan fingerprint density at radius 2 is 2.16 bits per heavy atom. The number of nitrogens with one attached hydrogen (secondary N) is 1. The van der Waals surface area contributed by atoms with E-state index in [1.165, 1.54) is 12.3 Å². The number of rotatable bonds is 3. The number of hydrogen-bond donors (Lipinski definition) is 1. The Hall–Kier alpha value is -2.24. The maximum Gasteiger partial charge on any atom is 0.253 e. The maximum atomic E-state index is 12.7. The Kier molecular flexibility index (Phi) is 3.59. The molecule has 2 heterocycles. The first-order chi connectivity index (χ1) is 8.99. The van der Waals surface area contributed by atoms with Crippen molar-refractivity contribution in [2.24, 2.45) is 7.05 Å². The van der Waals surface area contributed by atoms with Crippen LogP contribution in [-0.4, -0.2) is 20.7 Å².